The highest BCUT2D eigenvalue weighted by atomic mass is 16.5. The van der Waals surface area contributed by atoms with Crippen LogP contribution in [0.3, 0.4) is 0 Å². The Morgan fingerprint density at radius 1 is 1.30 bits per heavy atom. The molecule has 1 aliphatic heterocycles. The number of nitrogens with one attached hydrogen (secondary N) is 1. The molecule has 1 atom stereocenters. The SMILES string of the molecule is c1nc(CNC2CC2)nn1C1CCOC2(CCCC2)C1. The van der Waals surface area contributed by atoms with Gasteiger partial charge in [0.2, 0.25) is 0 Å². The first-order chi connectivity index (χ1) is 9.83. The molecule has 3 fully saturated rings. The fraction of sp³-hybridized carbons (Fsp3) is 0.867. The number of nitrogens with zero attached hydrogens (tertiary/aromatic N) is 3. The van der Waals surface area contributed by atoms with Crippen LogP contribution in [-0.2, 0) is 11.3 Å². The zero-order valence-electron chi connectivity index (χ0n) is 12.1. The van der Waals surface area contributed by atoms with Gasteiger partial charge in [-0.05, 0) is 38.5 Å². The van der Waals surface area contributed by atoms with Crippen LogP contribution in [0.5, 0.6) is 0 Å². The van der Waals surface area contributed by atoms with Crippen LogP contribution >= 0.6 is 0 Å². The molecule has 1 N–H and O–H groups in total. The minimum absolute atomic E-state index is 0.154. The monoisotopic (exact) mass is 276 g/mol. The van der Waals surface area contributed by atoms with Gasteiger partial charge in [0.05, 0.1) is 18.2 Å². The standard InChI is InChI=1S/C15H24N4O/c1-2-7-15(6-1)9-13(5-8-20-15)19-11-17-14(18-19)10-16-12-3-4-12/h11-13,16H,1-10H2. The Kier molecular flexibility index (Phi) is 3.27. The first-order valence-corrected chi connectivity index (χ1v) is 8.10. The van der Waals surface area contributed by atoms with Crippen LogP contribution in [0.1, 0.15) is 63.2 Å². The molecule has 0 radical (unpaired) electrons. The summed E-state index contributed by atoms with van der Waals surface area (Å²) in [7, 11) is 0. The molecule has 0 bridgehead atoms. The lowest BCUT2D eigenvalue weighted by Crippen LogP contribution is -2.38. The molecule has 0 amide bonds. The molecule has 4 rings (SSSR count). The van der Waals surface area contributed by atoms with Crippen LogP contribution in [0.25, 0.3) is 0 Å². The van der Waals surface area contributed by atoms with Crippen LogP contribution in [0.15, 0.2) is 6.33 Å². The third kappa shape index (κ3) is 2.61. The lowest BCUT2D eigenvalue weighted by molar-refractivity contribution is -0.0910. The van der Waals surface area contributed by atoms with Gasteiger partial charge in [-0.1, -0.05) is 12.8 Å². The molecule has 110 valence electrons. The normalized spacial score (nSPS) is 29.1. The second-order valence-corrected chi connectivity index (χ2v) is 6.68. The molecule has 1 aromatic heterocycles. The molecule has 3 aliphatic rings. The summed E-state index contributed by atoms with van der Waals surface area (Å²) in [6.07, 6.45) is 11.8. The Bertz CT molecular complexity index is 462. The molecule has 1 saturated heterocycles. The molecule has 1 spiro atoms. The second kappa shape index (κ2) is 5.11. The van der Waals surface area contributed by atoms with Gasteiger partial charge in [-0.25, -0.2) is 9.67 Å². The van der Waals surface area contributed by atoms with Crippen molar-refractivity contribution >= 4 is 0 Å². The number of rotatable bonds is 4. The Labute approximate surface area is 120 Å². The average molecular weight is 276 g/mol. The van der Waals surface area contributed by atoms with Gasteiger partial charge in [0, 0.05) is 12.6 Å². The summed E-state index contributed by atoms with van der Waals surface area (Å²) >= 11 is 0. The fourth-order valence-corrected chi connectivity index (χ4v) is 3.69. The van der Waals surface area contributed by atoms with E-state index in [-0.39, 0.29) is 5.60 Å². The van der Waals surface area contributed by atoms with Crippen molar-refractivity contribution < 1.29 is 4.74 Å². The predicted molar refractivity (Wildman–Crippen MR) is 75.3 cm³/mol. The highest BCUT2D eigenvalue weighted by Gasteiger charge is 2.40. The lowest BCUT2D eigenvalue weighted by Gasteiger charge is -2.38. The number of hydrogen-bond donors (Lipinski definition) is 1. The molecule has 1 aromatic rings. The van der Waals surface area contributed by atoms with E-state index in [1.54, 1.807) is 0 Å². The quantitative estimate of drug-likeness (QED) is 0.916. The molecule has 5 nitrogen and oxygen atoms in total. The minimum atomic E-state index is 0.154. The molecule has 2 saturated carbocycles. The third-order valence-corrected chi connectivity index (χ3v) is 5.04. The van der Waals surface area contributed by atoms with Crippen molar-refractivity contribution in [2.75, 3.05) is 6.61 Å². The molecule has 2 aliphatic carbocycles. The summed E-state index contributed by atoms with van der Waals surface area (Å²) in [6, 6.07) is 1.19. The van der Waals surface area contributed by atoms with Crippen LogP contribution in [0.2, 0.25) is 0 Å². The van der Waals surface area contributed by atoms with E-state index >= 15 is 0 Å². The van der Waals surface area contributed by atoms with Gasteiger partial charge >= 0.3 is 0 Å². The molecule has 20 heavy (non-hydrogen) atoms. The van der Waals surface area contributed by atoms with Crippen molar-refractivity contribution in [1.82, 2.24) is 20.1 Å². The Hall–Kier alpha value is -0.940. The lowest BCUT2D eigenvalue weighted by atomic mass is 9.89. The van der Waals surface area contributed by atoms with Crippen molar-refractivity contribution in [1.29, 1.82) is 0 Å². The smallest absolute Gasteiger partial charge is 0.164 e. The maximum atomic E-state index is 6.10. The van der Waals surface area contributed by atoms with Crippen molar-refractivity contribution in [3.63, 3.8) is 0 Å². The topological polar surface area (TPSA) is 52.0 Å². The summed E-state index contributed by atoms with van der Waals surface area (Å²) in [5.74, 6) is 0.934. The Morgan fingerprint density at radius 3 is 2.95 bits per heavy atom. The molecular formula is C15H24N4O. The van der Waals surface area contributed by atoms with Gasteiger partial charge in [0.15, 0.2) is 5.82 Å². The fourth-order valence-electron chi connectivity index (χ4n) is 3.69. The van der Waals surface area contributed by atoms with E-state index in [1.165, 1.54) is 38.5 Å². The Balaban J connectivity index is 1.40. The van der Waals surface area contributed by atoms with Gasteiger partial charge in [-0.3, -0.25) is 0 Å². The van der Waals surface area contributed by atoms with E-state index in [2.05, 4.69) is 20.1 Å². The molecule has 2 heterocycles. The van der Waals surface area contributed by atoms with Gasteiger partial charge in [0.1, 0.15) is 6.33 Å². The molecule has 0 aromatic carbocycles. The molecular weight excluding hydrogens is 252 g/mol. The maximum absolute atomic E-state index is 6.10. The predicted octanol–water partition coefficient (Wildman–Crippen LogP) is 2.19. The van der Waals surface area contributed by atoms with Crippen LogP contribution < -0.4 is 5.32 Å². The molecule has 1 unspecified atom stereocenters. The van der Waals surface area contributed by atoms with E-state index in [0.29, 0.717) is 12.1 Å². The van der Waals surface area contributed by atoms with E-state index in [1.807, 2.05) is 6.33 Å². The van der Waals surface area contributed by atoms with Crippen molar-refractivity contribution in [3.05, 3.63) is 12.2 Å². The van der Waals surface area contributed by atoms with Crippen LogP contribution in [0, 0.1) is 0 Å². The van der Waals surface area contributed by atoms with Gasteiger partial charge in [0.25, 0.3) is 0 Å². The first kappa shape index (κ1) is 12.8. The first-order valence-electron chi connectivity index (χ1n) is 8.10. The maximum Gasteiger partial charge on any atom is 0.164 e. The highest BCUT2D eigenvalue weighted by molar-refractivity contribution is 4.94. The molecule has 5 heteroatoms. The summed E-state index contributed by atoms with van der Waals surface area (Å²) in [5.41, 5.74) is 0.154. The van der Waals surface area contributed by atoms with Crippen molar-refractivity contribution in [2.24, 2.45) is 0 Å². The third-order valence-electron chi connectivity index (χ3n) is 5.04. The second-order valence-electron chi connectivity index (χ2n) is 6.68. The zero-order chi connectivity index (χ0) is 13.4. The van der Waals surface area contributed by atoms with Gasteiger partial charge in [-0.15, -0.1) is 0 Å². The van der Waals surface area contributed by atoms with Gasteiger partial charge < -0.3 is 10.1 Å². The number of hydrogen-bond acceptors (Lipinski definition) is 4. The van der Waals surface area contributed by atoms with E-state index in [0.717, 1.165) is 31.8 Å². The summed E-state index contributed by atoms with van der Waals surface area (Å²) in [6.45, 7) is 1.69. The summed E-state index contributed by atoms with van der Waals surface area (Å²) in [5, 5.41) is 8.15. The van der Waals surface area contributed by atoms with E-state index in [9.17, 15) is 0 Å². The van der Waals surface area contributed by atoms with E-state index < -0.39 is 0 Å². The minimum Gasteiger partial charge on any atom is -0.375 e. The summed E-state index contributed by atoms with van der Waals surface area (Å²) < 4.78 is 8.19. The largest absolute Gasteiger partial charge is 0.375 e. The summed E-state index contributed by atoms with van der Waals surface area (Å²) in [4.78, 5) is 4.45. The number of ether oxygens (including phenoxy) is 1. The van der Waals surface area contributed by atoms with Crippen molar-refractivity contribution in [3.8, 4) is 0 Å². The highest BCUT2D eigenvalue weighted by Crippen LogP contribution is 2.43. The average Bonchev–Trinajstić information content (AvgIpc) is 3.00. The van der Waals surface area contributed by atoms with E-state index in [4.69, 9.17) is 4.74 Å². The van der Waals surface area contributed by atoms with Crippen LogP contribution in [0.4, 0.5) is 0 Å². The van der Waals surface area contributed by atoms with Crippen molar-refractivity contribution in [2.45, 2.75) is 75.6 Å². The zero-order valence-corrected chi connectivity index (χ0v) is 12.1. The Morgan fingerprint density at radius 2 is 2.15 bits per heavy atom. The van der Waals surface area contributed by atoms with Gasteiger partial charge in [-0.2, -0.15) is 5.10 Å². The van der Waals surface area contributed by atoms with Crippen LogP contribution in [-0.4, -0.2) is 33.0 Å². The number of aromatic nitrogens is 3.